The van der Waals surface area contributed by atoms with Crippen molar-refractivity contribution in [3.8, 4) is 5.88 Å². The minimum Gasteiger partial charge on any atom is -0.474 e. The second kappa shape index (κ2) is 7.57. The number of rotatable bonds is 4. The minimum atomic E-state index is -0.401. The zero-order valence-electron chi connectivity index (χ0n) is 16.8. The molecule has 152 valence electrons. The Balaban J connectivity index is 1.55. The number of H-pyrrole nitrogens is 1. The molecular formula is C20H24N6O3. The van der Waals surface area contributed by atoms with Gasteiger partial charge in [0.25, 0.3) is 5.56 Å². The molecular weight excluding hydrogens is 372 g/mol. The van der Waals surface area contributed by atoms with Crippen molar-refractivity contribution in [1.29, 1.82) is 0 Å². The molecule has 0 unspecified atom stereocenters. The summed E-state index contributed by atoms with van der Waals surface area (Å²) in [5.41, 5.74) is 1.20. The lowest BCUT2D eigenvalue weighted by Crippen LogP contribution is -2.48. The summed E-state index contributed by atoms with van der Waals surface area (Å²) in [4.78, 5) is 39.4. The third-order valence-electron chi connectivity index (χ3n) is 5.05. The highest BCUT2D eigenvalue weighted by atomic mass is 16.5. The van der Waals surface area contributed by atoms with Crippen LogP contribution in [0.15, 0.2) is 40.2 Å². The van der Waals surface area contributed by atoms with Gasteiger partial charge in [0.15, 0.2) is 0 Å². The van der Waals surface area contributed by atoms with Crippen molar-refractivity contribution in [2.75, 3.05) is 36.0 Å². The molecule has 29 heavy (non-hydrogen) atoms. The summed E-state index contributed by atoms with van der Waals surface area (Å²) in [6.45, 7) is 6.85. The van der Waals surface area contributed by atoms with Gasteiger partial charge in [-0.1, -0.05) is 0 Å². The van der Waals surface area contributed by atoms with Crippen LogP contribution in [-0.2, 0) is 7.05 Å². The van der Waals surface area contributed by atoms with Gasteiger partial charge in [0.2, 0.25) is 5.88 Å². The molecule has 0 bridgehead atoms. The summed E-state index contributed by atoms with van der Waals surface area (Å²) in [6.07, 6.45) is 1.55. The van der Waals surface area contributed by atoms with Crippen molar-refractivity contribution < 1.29 is 4.74 Å². The SMILES string of the molecule is CC(C)Oc1ncnc2ccc(N3CCN(c4cc(=O)n(C)c(=O)[nH]4)CC3)cc12. The number of fused-ring (bicyclic) bond motifs is 1. The molecule has 1 aliphatic heterocycles. The van der Waals surface area contributed by atoms with Crippen LogP contribution in [0.2, 0.25) is 0 Å². The Morgan fingerprint density at radius 3 is 2.45 bits per heavy atom. The molecule has 0 spiro atoms. The lowest BCUT2D eigenvalue weighted by Gasteiger charge is -2.37. The van der Waals surface area contributed by atoms with Gasteiger partial charge in [0.1, 0.15) is 12.1 Å². The van der Waals surface area contributed by atoms with Crippen molar-refractivity contribution >= 4 is 22.4 Å². The molecule has 1 fully saturated rings. The molecule has 4 rings (SSSR count). The van der Waals surface area contributed by atoms with Crippen molar-refractivity contribution in [1.82, 2.24) is 19.5 Å². The van der Waals surface area contributed by atoms with Crippen LogP contribution in [0.1, 0.15) is 13.8 Å². The third-order valence-corrected chi connectivity index (χ3v) is 5.05. The molecule has 9 nitrogen and oxygen atoms in total. The second-order valence-electron chi connectivity index (χ2n) is 7.38. The van der Waals surface area contributed by atoms with Crippen LogP contribution in [0.5, 0.6) is 5.88 Å². The fourth-order valence-corrected chi connectivity index (χ4v) is 3.45. The van der Waals surface area contributed by atoms with E-state index >= 15 is 0 Å². The highest BCUT2D eigenvalue weighted by Gasteiger charge is 2.20. The molecule has 1 aromatic carbocycles. The van der Waals surface area contributed by atoms with Gasteiger partial charge in [-0.2, -0.15) is 0 Å². The van der Waals surface area contributed by atoms with Gasteiger partial charge in [-0.3, -0.25) is 14.3 Å². The number of ether oxygens (including phenoxy) is 1. The number of aromatic amines is 1. The topological polar surface area (TPSA) is 96.3 Å². The predicted molar refractivity (Wildman–Crippen MR) is 112 cm³/mol. The molecule has 0 aliphatic carbocycles. The van der Waals surface area contributed by atoms with E-state index in [4.69, 9.17) is 4.74 Å². The molecule has 0 radical (unpaired) electrons. The van der Waals surface area contributed by atoms with Crippen LogP contribution in [0.3, 0.4) is 0 Å². The number of benzene rings is 1. The second-order valence-corrected chi connectivity index (χ2v) is 7.38. The maximum atomic E-state index is 11.9. The van der Waals surface area contributed by atoms with Gasteiger partial charge in [0, 0.05) is 45.0 Å². The first-order valence-electron chi connectivity index (χ1n) is 9.64. The number of aromatic nitrogens is 4. The Kier molecular flexibility index (Phi) is 4.96. The third kappa shape index (κ3) is 3.80. The van der Waals surface area contributed by atoms with Crippen molar-refractivity contribution in [3.63, 3.8) is 0 Å². The maximum Gasteiger partial charge on any atom is 0.329 e. The van der Waals surface area contributed by atoms with Crippen molar-refractivity contribution in [2.24, 2.45) is 7.05 Å². The largest absolute Gasteiger partial charge is 0.474 e. The van der Waals surface area contributed by atoms with E-state index in [-0.39, 0.29) is 11.7 Å². The smallest absolute Gasteiger partial charge is 0.329 e. The monoisotopic (exact) mass is 396 g/mol. The molecule has 3 aromatic rings. The summed E-state index contributed by atoms with van der Waals surface area (Å²) in [6, 6.07) is 7.55. The van der Waals surface area contributed by atoms with Gasteiger partial charge in [0.05, 0.1) is 17.0 Å². The number of piperazine rings is 1. The fraction of sp³-hybridized carbons (Fsp3) is 0.400. The molecule has 0 amide bonds. The summed E-state index contributed by atoms with van der Waals surface area (Å²) < 4.78 is 6.90. The minimum absolute atomic E-state index is 0.0287. The Morgan fingerprint density at radius 2 is 1.76 bits per heavy atom. The zero-order valence-corrected chi connectivity index (χ0v) is 16.8. The van der Waals surface area contributed by atoms with E-state index in [1.807, 2.05) is 30.9 Å². The molecule has 0 atom stereocenters. The average molecular weight is 396 g/mol. The van der Waals surface area contributed by atoms with E-state index in [0.29, 0.717) is 24.8 Å². The van der Waals surface area contributed by atoms with E-state index < -0.39 is 5.69 Å². The van der Waals surface area contributed by atoms with Gasteiger partial charge in [-0.15, -0.1) is 0 Å². The first-order chi connectivity index (χ1) is 13.9. The highest BCUT2D eigenvalue weighted by Crippen LogP contribution is 2.28. The van der Waals surface area contributed by atoms with Gasteiger partial charge >= 0.3 is 5.69 Å². The first kappa shape index (κ1) is 19.0. The molecule has 2 aromatic heterocycles. The first-order valence-corrected chi connectivity index (χ1v) is 9.64. The molecule has 0 saturated carbocycles. The molecule has 9 heteroatoms. The molecule has 3 heterocycles. The highest BCUT2D eigenvalue weighted by molar-refractivity contribution is 5.86. The van der Waals surface area contributed by atoms with Gasteiger partial charge in [-0.25, -0.2) is 14.8 Å². The van der Waals surface area contributed by atoms with Crippen LogP contribution in [-0.4, -0.2) is 51.8 Å². The van der Waals surface area contributed by atoms with Crippen LogP contribution >= 0.6 is 0 Å². The van der Waals surface area contributed by atoms with E-state index in [9.17, 15) is 9.59 Å². The normalized spacial score (nSPS) is 14.6. The van der Waals surface area contributed by atoms with E-state index in [2.05, 4.69) is 25.9 Å². The summed E-state index contributed by atoms with van der Waals surface area (Å²) in [5, 5.41) is 0.886. The van der Waals surface area contributed by atoms with Crippen LogP contribution in [0, 0.1) is 0 Å². The van der Waals surface area contributed by atoms with Gasteiger partial charge in [-0.05, 0) is 32.0 Å². The number of nitrogens with zero attached hydrogens (tertiary/aromatic N) is 5. The fourth-order valence-electron chi connectivity index (χ4n) is 3.45. The standard InChI is InChI=1S/C20H24N6O3/c1-13(2)29-19-15-10-14(4-5-16(15)21-12-22-19)25-6-8-26(9-7-25)17-11-18(27)24(3)20(28)23-17/h4-5,10-13H,6-9H2,1-3H3,(H,23,28). The summed E-state index contributed by atoms with van der Waals surface area (Å²) in [5.74, 6) is 1.15. The summed E-state index contributed by atoms with van der Waals surface area (Å²) >= 11 is 0. The lowest BCUT2D eigenvalue weighted by atomic mass is 10.2. The van der Waals surface area contributed by atoms with Crippen LogP contribution in [0.25, 0.3) is 10.9 Å². The van der Waals surface area contributed by atoms with Crippen LogP contribution in [0.4, 0.5) is 11.5 Å². The van der Waals surface area contributed by atoms with Crippen LogP contribution < -0.4 is 25.8 Å². The number of anilines is 2. The maximum absolute atomic E-state index is 11.9. The van der Waals surface area contributed by atoms with E-state index in [1.54, 1.807) is 0 Å². The van der Waals surface area contributed by atoms with E-state index in [1.165, 1.54) is 19.4 Å². The average Bonchev–Trinajstić information content (AvgIpc) is 2.71. The Bertz CT molecular complexity index is 1110. The lowest BCUT2D eigenvalue weighted by molar-refractivity contribution is 0.235. The van der Waals surface area contributed by atoms with Crippen molar-refractivity contribution in [2.45, 2.75) is 20.0 Å². The number of nitrogens with one attached hydrogen (secondary N) is 1. The molecule has 1 aliphatic rings. The predicted octanol–water partition coefficient (Wildman–Crippen LogP) is 1.13. The quantitative estimate of drug-likeness (QED) is 0.706. The van der Waals surface area contributed by atoms with Gasteiger partial charge < -0.3 is 14.5 Å². The Labute approximate surface area is 167 Å². The molecule has 1 N–H and O–H groups in total. The zero-order chi connectivity index (χ0) is 20.5. The Morgan fingerprint density at radius 1 is 1.03 bits per heavy atom. The Hall–Kier alpha value is -3.36. The number of hydrogen-bond acceptors (Lipinski definition) is 7. The van der Waals surface area contributed by atoms with E-state index in [0.717, 1.165) is 34.2 Å². The van der Waals surface area contributed by atoms with Crippen molar-refractivity contribution in [3.05, 3.63) is 51.4 Å². The number of hydrogen-bond donors (Lipinski definition) is 1. The molecule has 1 saturated heterocycles. The summed E-state index contributed by atoms with van der Waals surface area (Å²) in [7, 11) is 1.46.